The van der Waals surface area contributed by atoms with Gasteiger partial charge < -0.3 is 14.8 Å². The Hall–Kier alpha value is -2.09. The minimum Gasteiger partial charge on any atom is -0.497 e. The summed E-state index contributed by atoms with van der Waals surface area (Å²) < 4.78 is 38.5. The van der Waals surface area contributed by atoms with Crippen molar-refractivity contribution >= 4 is 10.0 Å². The van der Waals surface area contributed by atoms with E-state index in [2.05, 4.69) is 5.32 Å². The highest BCUT2D eigenvalue weighted by molar-refractivity contribution is 7.89. The zero-order valence-electron chi connectivity index (χ0n) is 14.3. The number of nitrogens with one attached hydrogen (secondary N) is 1. The van der Waals surface area contributed by atoms with Gasteiger partial charge in [0.15, 0.2) is 0 Å². The first-order valence-corrected chi connectivity index (χ1v) is 9.51. The van der Waals surface area contributed by atoms with E-state index in [0.29, 0.717) is 31.1 Å². The predicted octanol–water partition coefficient (Wildman–Crippen LogP) is 2.04. The topological polar surface area (TPSA) is 67.9 Å². The smallest absolute Gasteiger partial charge is 0.243 e. The van der Waals surface area contributed by atoms with Crippen molar-refractivity contribution in [1.82, 2.24) is 9.62 Å². The Morgan fingerprint density at radius 3 is 2.44 bits per heavy atom. The second-order valence-electron chi connectivity index (χ2n) is 5.75. The Morgan fingerprint density at radius 1 is 1.04 bits per heavy atom. The number of sulfonamides is 1. The Labute approximate surface area is 148 Å². The lowest BCUT2D eigenvalue weighted by molar-refractivity contribution is 0.264. The molecule has 1 atom stereocenters. The largest absolute Gasteiger partial charge is 0.497 e. The van der Waals surface area contributed by atoms with Gasteiger partial charge in [0.2, 0.25) is 10.0 Å². The van der Waals surface area contributed by atoms with Crippen LogP contribution in [0.4, 0.5) is 0 Å². The molecule has 0 aromatic heterocycles. The molecular weight excluding hydrogens is 340 g/mol. The molecule has 2 aromatic rings. The van der Waals surface area contributed by atoms with Gasteiger partial charge in [0, 0.05) is 25.2 Å². The van der Waals surface area contributed by atoms with Gasteiger partial charge in [0.05, 0.1) is 25.2 Å². The molecule has 0 bridgehead atoms. The third-order valence-electron chi connectivity index (χ3n) is 4.36. The van der Waals surface area contributed by atoms with E-state index in [-0.39, 0.29) is 10.9 Å². The number of hydrogen-bond acceptors (Lipinski definition) is 5. The van der Waals surface area contributed by atoms with Crippen LogP contribution < -0.4 is 14.8 Å². The SMILES string of the molecule is COc1ccc(S(=O)(=O)N2CCNCC2c2ccccc2OC)cc1. The van der Waals surface area contributed by atoms with Gasteiger partial charge in [-0.3, -0.25) is 0 Å². The second-order valence-corrected chi connectivity index (χ2v) is 7.64. The molecule has 0 aliphatic carbocycles. The minimum absolute atomic E-state index is 0.259. The number of para-hydroxylation sites is 1. The Morgan fingerprint density at radius 2 is 1.76 bits per heavy atom. The molecule has 134 valence electrons. The number of hydrogen-bond donors (Lipinski definition) is 1. The van der Waals surface area contributed by atoms with Gasteiger partial charge in [-0.05, 0) is 30.3 Å². The van der Waals surface area contributed by atoms with Crippen molar-refractivity contribution in [2.24, 2.45) is 0 Å². The van der Waals surface area contributed by atoms with Gasteiger partial charge in [-0.1, -0.05) is 18.2 Å². The molecular formula is C18H22N2O4S. The highest BCUT2D eigenvalue weighted by Gasteiger charge is 2.35. The number of ether oxygens (including phenoxy) is 2. The Balaban J connectivity index is 1.99. The maximum absolute atomic E-state index is 13.2. The fourth-order valence-electron chi connectivity index (χ4n) is 3.06. The molecule has 6 nitrogen and oxygen atoms in total. The summed E-state index contributed by atoms with van der Waals surface area (Å²) in [5, 5.41) is 3.27. The van der Waals surface area contributed by atoms with E-state index < -0.39 is 10.0 Å². The van der Waals surface area contributed by atoms with E-state index in [1.807, 2.05) is 24.3 Å². The van der Waals surface area contributed by atoms with Crippen molar-refractivity contribution in [3.8, 4) is 11.5 Å². The van der Waals surface area contributed by atoms with E-state index in [1.165, 1.54) is 0 Å². The lowest BCUT2D eigenvalue weighted by Gasteiger charge is -2.36. The van der Waals surface area contributed by atoms with Gasteiger partial charge in [-0.2, -0.15) is 4.31 Å². The Bertz CT molecular complexity index is 821. The standard InChI is InChI=1S/C18H22N2O4S/c1-23-14-7-9-15(10-8-14)25(21,22)20-12-11-19-13-17(20)16-5-3-4-6-18(16)24-2/h3-10,17,19H,11-13H2,1-2H3. The molecule has 1 heterocycles. The van der Waals surface area contributed by atoms with Gasteiger partial charge >= 0.3 is 0 Å². The van der Waals surface area contributed by atoms with E-state index in [0.717, 1.165) is 5.56 Å². The summed E-state index contributed by atoms with van der Waals surface area (Å²) in [4.78, 5) is 0.259. The molecule has 7 heteroatoms. The number of methoxy groups -OCH3 is 2. The molecule has 0 spiro atoms. The van der Waals surface area contributed by atoms with Gasteiger partial charge in [0.1, 0.15) is 11.5 Å². The van der Waals surface area contributed by atoms with E-state index in [1.54, 1.807) is 42.8 Å². The van der Waals surface area contributed by atoms with Crippen LogP contribution in [0, 0.1) is 0 Å². The monoisotopic (exact) mass is 362 g/mol. The van der Waals surface area contributed by atoms with Crippen LogP contribution in [-0.4, -0.2) is 46.6 Å². The molecule has 0 radical (unpaired) electrons. The highest BCUT2D eigenvalue weighted by atomic mass is 32.2. The summed E-state index contributed by atoms with van der Waals surface area (Å²) >= 11 is 0. The summed E-state index contributed by atoms with van der Waals surface area (Å²) in [6.45, 7) is 1.55. The molecule has 2 aromatic carbocycles. The maximum atomic E-state index is 13.2. The van der Waals surface area contributed by atoms with Crippen LogP contribution in [-0.2, 0) is 10.0 Å². The minimum atomic E-state index is -3.63. The van der Waals surface area contributed by atoms with Gasteiger partial charge in [-0.15, -0.1) is 0 Å². The van der Waals surface area contributed by atoms with Gasteiger partial charge in [-0.25, -0.2) is 8.42 Å². The van der Waals surface area contributed by atoms with E-state index >= 15 is 0 Å². The van der Waals surface area contributed by atoms with Crippen molar-refractivity contribution in [3.05, 3.63) is 54.1 Å². The molecule has 1 fully saturated rings. The lowest BCUT2D eigenvalue weighted by Crippen LogP contribution is -2.48. The molecule has 1 saturated heterocycles. The summed E-state index contributed by atoms with van der Waals surface area (Å²) in [5.41, 5.74) is 0.856. The molecule has 1 N–H and O–H groups in total. The Kier molecular flexibility index (Phi) is 5.27. The molecule has 3 rings (SSSR count). The fraction of sp³-hybridized carbons (Fsp3) is 0.333. The molecule has 25 heavy (non-hydrogen) atoms. The maximum Gasteiger partial charge on any atom is 0.243 e. The number of piperazine rings is 1. The normalized spacial score (nSPS) is 18.7. The lowest BCUT2D eigenvalue weighted by atomic mass is 10.0. The quantitative estimate of drug-likeness (QED) is 0.882. The van der Waals surface area contributed by atoms with Crippen molar-refractivity contribution in [3.63, 3.8) is 0 Å². The number of rotatable bonds is 5. The number of nitrogens with zero attached hydrogens (tertiary/aromatic N) is 1. The summed E-state index contributed by atoms with van der Waals surface area (Å²) in [5.74, 6) is 1.31. The predicted molar refractivity (Wildman–Crippen MR) is 95.5 cm³/mol. The first kappa shape index (κ1) is 17.7. The van der Waals surface area contributed by atoms with Crippen LogP contribution in [0.25, 0.3) is 0 Å². The van der Waals surface area contributed by atoms with Crippen LogP contribution >= 0.6 is 0 Å². The average molecular weight is 362 g/mol. The summed E-state index contributed by atoms with van der Waals surface area (Å²) in [6, 6.07) is 13.7. The first-order chi connectivity index (χ1) is 12.1. The van der Waals surface area contributed by atoms with Crippen LogP contribution in [0.5, 0.6) is 11.5 Å². The van der Waals surface area contributed by atoms with Gasteiger partial charge in [0.25, 0.3) is 0 Å². The van der Waals surface area contributed by atoms with Crippen molar-refractivity contribution in [2.75, 3.05) is 33.9 Å². The molecule has 1 aliphatic rings. The third kappa shape index (κ3) is 3.49. The fourth-order valence-corrected chi connectivity index (χ4v) is 4.67. The molecule has 1 unspecified atom stereocenters. The van der Waals surface area contributed by atoms with Crippen LogP contribution in [0.3, 0.4) is 0 Å². The second kappa shape index (κ2) is 7.43. The van der Waals surface area contributed by atoms with Crippen LogP contribution in [0.2, 0.25) is 0 Å². The first-order valence-electron chi connectivity index (χ1n) is 8.07. The van der Waals surface area contributed by atoms with Crippen LogP contribution in [0.1, 0.15) is 11.6 Å². The van der Waals surface area contributed by atoms with Crippen molar-refractivity contribution in [1.29, 1.82) is 0 Å². The molecule has 0 amide bonds. The van der Waals surface area contributed by atoms with Crippen molar-refractivity contribution < 1.29 is 17.9 Å². The van der Waals surface area contributed by atoms with Crippen LogP contribution in [0.15, 0.2) is 53.4 Å². The zero-order valence-corrected chi connectivity index (χ0v) is 15.1. The van der Waals surface area contributed by atoms with E-state index in [4.69, 9.17) is 9.47 Å². The van der Waals surface area contributed by atoms with Crippen molar-refractivity contribution in [2.45, 2.75) is 10.9 Å². The molecule has 0 saturated carbocycles. The summed E-state index contributed by atoms with van der Waals surface area (Å²) in [6.07, 6.45) is 0. The highest BCUT2D eigenvalue weighted by Crippen LogP contribution is 2.34. The zero-order chi connectivity index (χ0) is 17.9. The van der Waals surface area contributed by atoms with E-state index in [9.17, 15) is 8.42 Å². The average Bonchev–Trinajstić information content (AvgIpc) is 2.68. The summed E-state index contributed by atoms with van der Waals surface area (Å²) in [7, 11) is -0.479. The number of benzene rings is 2. The molecule has 1 aliphatic heterocycles. The third-order valence-corrected chi connectivity index (χ3v) is 6.28.